The molecule has 2 aliphatic rings. The first-order chi connectivity index (χ1) is 20.5. The zero-order valence-electron chi connectivity index (χ0n) is 22.8. The molecule has 0 radical (unpaired) electrons. The van der Waals surface area contributed by atoms with E-state index in [2.05, 4.69) is 10.1 Å². The summed E-state index contributed by atoms with van der Waals surface area (Å²) in [6.45, 7) is 0.355. The number of anilines is 1. The average Bonchev–Trinajstić information content (AvgIpc) is 3.55. The van der Waals surface area contributed by atoms with Crippen molar-refractivity contribution in [1.29, 1.82) is 0 Å². The number of benzene rings is 3. The molecule has 42 heavy (non-hydrogen) atoms. The van der Waals surface area contributed by atoms with Crippen LogP contribution in [0.2, 0.25) is 0 Å². The van der Waals surface area contributed by atoms with Crippen LogP contribution < -0.4 is 14.4 Å². The molecule has 2 aromatic heterocycles. The molecule has 3 aromatic carbocycles. The summed E-state index contributed by atoms with van der Waals surface area (Å²) in [5.74, 6) is 0.194. The smallest absolute Gasteiger partial charge is 0.238 e. The highest BCUT2D eigenvalue weighted by molar-refractivity contribution is 6.10. The first kappa shape index (κ1) is 25.9. The minimum atomic E-state index is -0.734. The molecule has 1 aliphatic heterocycles. The number of carbonyl (C=O) groups is 1. The van der Waals surface area contributed by atoms with Crippen molar-refractivity contribution in [2.45, 2.75) is 31.2 Å². The second-order valence-electron chi connectivity index (χ2n) is 10.5. The third-order valence-electron chi connectivity index (χ3n) is 8.15. The predicted octanol–water partition coefficient (Wildman–Crippen LogP) is 6.98. The van der Waals surface area contributed by atoms with Crippen LogP contribution in [0, 0.1) is 11.6 Å². The van der Waals surface area contributed by atoms with Gasteiger partial charge in [-0.3, -0.25) is 4.79 Å². The van der Waals surface area contributed by atoms with Gasteiger partial charge in [-0.1, -0.05) is 24.6 Å². The molecular formula is C33H26F2N4O3. The van der Waals surface area contributed by atoms with Gasteiger partial charge in [0, 0.05) is 23.9 Å². The SMILES string of the molecule is COc1ccc(CN2C(=O)C3(CCC3)c3cc(-c4ccnn4-c4ccc(F)cc4F)cc(Oc4ccccn4)c32)cc1. The standard InChI is InChI=1S/C33H26F2N4O3/c1-41-24-9-6-21(7-10-24)20-38-31-25(33(32(38)40)13-4-14-33)17-22(18-29(31)42-30-5-2-3-15-36-30)27-12-16-37-39(27)28-11-8-23(34)19-26(28)35/h2-3,5-12,15-19H,4,13-14,20H2,1H3. The summed E-state index contributed by atoms with van der Waals surface area (Å²) in [5.41, 5.74) is 3.21. The van der Waals surface area contributed by atoms with E-state index in [1.165, 1.54) is 16.8 Å². The summed E-state index contributed by atoms with van der Waals surface area (Å²) >= 11 is 0. The number of ether oxygens (including phenoxy) is 2. The van der Waals surface area contributed by atoms with E-state index in [1.807, 2.05) is 42.5 Å². The third-order valence-corrected chi connectivity index (χ3v) is 8.15. The van der Waals surface area contributed by atoms with Crippen molar-refractivity contribution in [2.75, 3.05) is 12.0 Å². The van der Waals surface area contributed by atoms with E-state index < -0.39 is 17.0 Å². The lowest BCUT2D eigenvalue weighted by Crippen LogP contribution is -2.44. The lowest BCUT2D eigenvalue weighted by molar-refractivity contribution is -0.126. The lowest BCUT2D eigenvalue weighted by Gasteiger charge is -2.37. The fourth-order valence-electron chi connectivity index (χ4n) is 5.92. The number of fused-ring (bicyclic) bond motifs is 2. The van der Waals surface area contributed by atoms with Gasteiger partial charge in [0.05, 0.1) is 36.6 Å². The summed E-state index contributed by atoms with van der Waals surface area (Å²) in [6.07, 6.45) is 5.57. The Kier molecular flexibility index (Phi) is 6.22. The fourth-order valence-corrected chi connectivity index (χ4v) is 5.92. The number of hydrogen-bond donors (Lipinski definition) is 0. The first-order valence-electron chi connectivity index (χ1n) is 13.7. The molecule has 0 bridgehead atoms. The minimum absolute atomic E-state index is 0.0284. The van der Waals surface area contributed by atoms with E-state index in [-0.39, 0.29) is 11.6 Å². The molecular weight excluding hydrogens is 538 g/mol. The van der Waals surface area contributed by atoms with Gasteiger partial charge in [0.25, 0.3) is 0 Å². The van der Waals surface area contributed by atoms with Crippen LogP contribution in [0.1, 0.15) is 30.4 Å². The topological polar surface area (TPSA) is 69.5 Å². The number of methoxy groups -OCH3 is 1. The second-order valence-corrected chi connectivity index (χ2v) is 10.5. The maximum Gasteiger partial charge on any atom is 0.238 e. The molecule has 3 heterocycles. The Bertz CT molecular complexity index is 1800. The minimum Gasteiger partial charge on any atom is -0.497 e. The van der Waals surface area contributed by atoms with E-state index in [0.29, 0.717) is 35.1 Å². The largest absolute Gasteiger partial charge is 0.497 e. The molecule has 7 nitrogen and oxygen atoms in total. The van der Waals surface area contributed by atoms with Crippen molar-refractivity contribution < 1.29 is 23.0 Å². The van der Waals surface area contributed by atoms with Gasteiger partial charge in [0.15, 0.2) is 11.6 Å². The number of halogens is 2. The molecule has 7 rings (SSSR count). The number of nitrogens with zero attached hydrogens (tertiary/aromatic N) is 4. The first-order valence-corrected chi connectivity index (χ1v) is 13.7. The predicted molar refractivity (Wildman–Crippen MR) is 153 cm³/mol. The van der Waals surface area contributed by atoms with Crippen LogP contribution in [-0.4, -0.2) is 27.8 Å². The molecule has 1 fully saturated rings. The van der Waals surface area contributed by atoms with Crippen molar-refractivity contribution >= 4 is 11.6 Å². The average molecular weight is 565 g/mol. The number of aromatic nitrogens is 3. The number of rotatable bonds is 7. The van der Waals surface area contributed by atoms with E-state index in [9.17, 15) is 13.6 Å². The van der Waals surface area contributed by atoms with Crippen LogP contribution in [0.25, 0.3) is 16.9 Å². The fraction of sp³-hybridized carbons (Fsp3) is 0.182. The molecule has 9 heteroatoms. The molecule has 210 valence electrons. The molecule has 0 unspecified atom stereocenters. The zero-order valence-corrected chi connectivity index (χ0v) is 22.8. The number of hydrogen-bond acceptors (Lipinski definition) is 5. The highest BCUT2D eigenvalue weighted by Gasteiger charge is 2.55. The van der Waals surface area contributed by atoms with E-state index in [0.717, 1.165) is 42.2 Å². The molecule has 0 atom stereocenters. The van der Waals surface area contributed by atoms with Gasteiger partial charge < -0.3 is 14.4 Å². The molecule has 0 saturated heterocycles. The maximum atomic E-state index is 14.8. The van der Waals surface area contributed by atoms with E-state index in [4.69, 9.17) is 9.47 Å². The summed E-state index contributed by atoms with van der Waals surface area (Å²) in [6, 6.07) is 22.0. The quantitative estimate of drug-likeness (QED) is 0.213. The summed E-state index contributed by atoms with van der Waals surface area (Å²) in [4.78, 5) is 20.3. The molecule has 1 spiro atoms. The second kappa shape index (κ2) is 10.1. The van der Waals surface area contributed by atoms with Crippen LogP contribution in [0.15, 0.2) is 91.3 Å². The van der Waals surface area contributed by atoms with Crippen molar-refractivity contribution in [3.63, 3.8) is 0 Å². The monoisotopic (exact) mass is 564 g/mol. The number of pyridine rings is 1. The summed E-state index contributed by atoms with van der Waals surface area (Å²) in [7, 11) is 1.62. The Labute approximate surface area is 241 Å². The van der Waals surface area contributed by atoms with Gasteiger partial charge in [0.2, 0.25) is 11.8 Å². The van der Waals surface area contributed by atoms with Crippen LogP contribution in [0.4, 0.5) is 14.5 Å². The van der Waals surface area contributed by atoms with Crippen molar-refractivity contribution in [3.05, 3.63) is 114 Å². The molecule has 1 aliphatic carbocycles. The Morgan fingerprint density at radius 1 is 0.952 bits per heavy atom. The van der Waals surface area contributed by atoms with Gasteiger partial charge in [-0.15, -0.1) is 0 Å². The van der Waals surface area contributed by atoms with Gasteiger partial charge in [-0.2, -0.15) is 5.10 Å². The van der Waals surface area contributed by atoms with Gasteiger partial charge in [0.1, 0.15) is 17.3 Å². The van der Waals surface area contributed by atoms with Gasteiger partial charge in [-0.25, -0.2) is 18.4 Å². The van der Waals surface area contributed by atoms with E-state index >= 15 is 0 Å². The van der Waals surface area contributed by atoms with Crippen molar-refractivity contribution in [2.24, 2.45) is 0 Å². The van der Waals surface area contributed by atoms with Crippen LogP contribution >= 0.6 is 0 Å². The molecule has 1 amide bonds. The van der Waals surface area contributed by atoms with Crippen LogP contribution in [0.5, 0.6) is 17.4 Å². The van der Waals surface area contributed by atoms with Gasteiger partial charge >= 0.3 is 0 Å². The van der Waals surface area contributed by atoms with Gasteiger partial charge in [-0.05, 0) is 72.5 Å². The van der Waals surface area contributed by atoms with Crippen LogP contribution in [-0.2, 0) is 16.8 Å². The molecule has 1 saturated carbocycles. The Hall–Kier alpha value is -5.05. The van der Waals surface area contributed by atoms with Crippen LogP contribution in [0.3, 0.4) is 0 Å². The third kappa shape index (κ3) is 4.20. The highest BCUT2D eigenvalue weighted by atomic mass is 19.1. The Balaban J connectivity index is 1.40. The van der Waals surface area contributed by atoms with Crippen molar-refractivity contribution in [1.82, 2.24) is 14.8 Å². The summed E-state index contributed by atoms with van der Waals surface area (Å²) in [5, 5.41) is 4.34. The molecule has 5 aromatic rings. The lowest BCUT2D eigenvalue weighted by atomic mass is 9.65. The summed E-state index contributed by atoms with van der Waals surface area (Å²) < 4.78 is 41.7. The number of amides is 1. The van der Waals surface area contributed by atoms with E-state index in [1.54, 1.807) is 42.6 Å². The Morgan fingerprint density at radius 2 is 1.79 bits per heavy atom. The molecule has 0 N–H and O–H groups in total. The zero-order chi connectivity index (χ0) is 28.8. The highest BCUT2D eigenvalue weighted by Crippen LogP contribution is 2.58. The normalized spacial score (nSPS) is 15.0. The maximum absolute atomic E-state index is 14.8. The Morgan fingerprint density at radius 3 is 2.48 bits per heavy atom. The number of carbonyl (C=O) groups excluding carboxylic acids is 1. The van der Waals surface area contributed by atoms with Crippen molar-refractivity contribution in [3.8, 4) is 34.3 Å².